The Bertz CT molecular complexity index is 971. The van der Waals surface area contributed by atoms with Crippen molar-refractivity contribution < 1.29 is 9.90 Å². The van der Waals surface area contributed by atoms with Crippen molar-refractivity contribution in [2.45, 2.75) is 0 Å². The van der Waals surface area contributed by atoms with Gasteiger partial charge in [-0.2, -0.15) is 0 Å². The van der Waals surface area contributed by atoms with Crippen LogP contribution < -0.4 is 4.90 Å². The highest BCUT2D eigenvalue weighted by Gasteiger charge is 2.24. The van der Waals surface area contributed by atoms with Crippen LogP contribution in [0.4, 0.5) is 5.82 Å². The summed E-state index contributed by atoms with van der Waals surface area (Å²) in [6.07, 6.45) is 1.54. The van der Waals surface area contributed by atoms with Crippen molar-refractivity contribution in [3.05, 3.63) is 59.4 Å². The van der Waals surface area contributed by atoms with Gasteiger partial charge in [-0.3, -0.25) is 4.79 Å². The highest BCUT2D eigenvalue weighted by atomic mass is 35.5. The molecule has 0 spiro atoms. The van der Waals surface area contributed by atoms with Crippen molar-refractivity contribution in [1.29, 1.82) is 0 Å². The van der Waals surface area contributed by atoms with Crippen molar-refractivity contribution in [2.75, 3.05) is 31.1 Å². The number of aromatic hydroxyl groups is 1. The van der Waals surface area contributed by atoms with Gasteiger partial charge in [0.25, 0.3) is 5.91 Å². The molecule has 6 nitrogen and oxygen atoms in total. The number of carbonyl (C=O) groups excluding carboxylic acids is 1. The molecule has 0 radical (unpaired) electrons. The molecule has 7 heteroatoms. The lowest BCUT2D eigenvalue weighted by Crippen LogP contribution is -2.49. The van der Waals surface area contributed by atoms with Gasteiger partial charge in [0.15, 0.2) is 0 Å². The first-order valence-electron chi connectivity index (χ1n) is 8.35. The lowest BCUT2D eigenvalue weighted by molar-refractivity contribution is 0.0746. The van der Waals surface area contributed by atoms with E-state index in [0.717, 1.165) is 16.7 Å². The van der Waals surface area contributed by atoms with Gasteiger partial charge in [0.2, 0.25) is 0 Å². The smallest absolute Gasteiger partial charge is 0.254 e. The number of carbonyl (C=O) groups is 1. The van der Waals surface area contributed by atoms with Gasteiger partial charge in [0, 0.05) is 42.2 Å². The van der Waals surface area contributed by atoms with Crippen molar-refractivity contribution in [3.63, 3.8) is 0 Å². The molecule has 0 saturated carbocycles. The molecule has 1 aliphatic rings. The minimum atomic E-state index is -0.0696. The maximum atomic E-state index is 12.6. The summed E-state index contributed by atoms with van der Waals surface area (Å²) in [7, 11) is 0. The number of benzene rings is 2. The fraction of sp³-hybridized carbons (Fsp3) is 0.211. The first kappa shape index (κ1) is 16.6. The number of hydrogen-bond donors (Lipinski definition) is 1. The van der Waals surface area contributed by atoms with E-state index in [0.29, 0.717) is 36.8 Å². The fourth-order valence-electron chi connectivity index (χ4n) is 3.21. The first-order valence-corrected chi connectivity index (χ1v) is 8.73. The van der Waals surface area contributed by atoms with Crippen LogP contribution in [0.3, 0.4) is 0 Å². The van der Waals surface area contributed by atoms with Crippen LogP contribution in [0.1, 0.15) is 10.4 Å². The van der Waals surface area contributed by atoms with Crippen LogP contribution in [0.15, 0.2) is 48.8 Å². The lowest BCUT2D eigenvalue weighted by atomic mass is 10.1. The van der Waals surface area contributed by atoms with Crippen LogP contribution in [-0.4, -0.2) is 52.1 Å². The lowest BCUT2D eigenvalue weighted by Gasteiger charge is -2.35. The second kappa shape index (κ2) is 6.80. The predicted molar refractivity (Wildman–Crippen MR) is 101 cm³/mol. The minimum Gasteiger partial charge on any atom is -0.508 e. The molecule has 0 unspecified atom stereocenters. The Morgan fingerprint density at radius 2 is 1.85 bits per heavy atom. The van der Waals surface area contributed by atoms with Crippen LogP contribution >= 0.6 is 11.6 Å². The molecule has 132 valence electrons. The third kappa shape index (κ3) is 3.15. The summed E-state index contributed by atoms with van der Waals surface area (Å²) in [6, 6.07) is 12.0. The topological polar surface area (TPSA) is 69.6 Å². The van der Waals surface area contributed by atoms with Crippen LogP contribution in [0.25, 0.3) is 10.9 Å². The highest BCUT2D eigenvalue weighted by molar-refractivity contribution is 6.31. The van der Waals surface area contributed by atoms with Gasteiger partial charge in [-0.1, -0.05) is 17.7 Å². The van der Waals surface area contributed by atoms with Crippen LogP contribution in [-0.2, 0) is 0 Å². The second-order valence-electron chi connectivity index (χ2n) is 6.19. The maximum absolute atomic E-state index is 12.6. The van der Waals surface area contributed by atoms with Gasteiger partial charge in [0.1, 0.15) is 17.9 Å². The van der Waals surface area contributed by atoms with Gasteiger partial charge in [-0.05, 0) is 36.4 Å². The molecule has 1 aromatic heterocycles. The molecule has 3 aromatic rings. The summed E-state index contributed by atoms with van der Waals surface area (Å²) in [5.41, 5.74) is 1.31. The number of phenolic OH excluding ortho intramolecular Hbond substituents is 1. The molecule has 1 saturated heterocycles. The zero-order valence-corrected chi connectivity index (χ0v) is 14.7. The quantitative estimate of drug-likeness (QED) is 0.753. The minimum absolute atomic E-state index is 0.0696. The van der Waals surface area contributed by atoms with Crippen molar-refractivity contribution in [1.82, 2.24) is 14.9 Å². The summed E-state index contributed by atoms with van der Waals surface area (Å²) in [4.78, 5) is 25.3. The van der Waals surface area contributed by atoms with E-state index in [-0.39, 0.29) is 11.7 Å². The molecule has 1 N–H and O–H groups in total. The summed E-state index contributed by atoms with van der Waals surface area (Å²) >= 11 is 6.04. The van der Waals surface area contributed by atoms with Gasteiger partial charge in [0.05, 0.1) is 5.52 Å². The summed E-state index contributed by atoms with van der Waals surface area (Å²) < 4.78 is 0. The predicted octanol–water partition coefficient (Wildman–Crippen LogP) is 2.95. The average molecular weight is 369 g/mol. The number of anilines is 1. The number of piperazine rings is 1. The molecular formula is C19H17ClN4O2. The molecule has 1 fully saturated rings. The largest absolute Gasteiger partial charge is 0.508 e. The number of phenols is 1. The number of halogens is 1. The Morgan fingerprint density at radius 1 is 1.04 bits per heavy atom. The van der Waals surface area contributed by atoms with E-state index in [9.17, 15) is 9.90 Å². The van der Waals surface area contributed by atoms with Crippen LogP contribution in [0.2, 0.25) is 5.02 Å². The molecule has 1 aliphatic heterocycles. The second-order valence-corrected chi connectivity index (χ2v) is 6.62. The van der Waals surface area contributed by atoms with Crippen LogP contribution in [0, 0.1) is 0 Å². The molecule has 4 rings (SSSR count). The number of aromatic nitrogens is 2. The molecular weight excluding hydrogens is 352 g/mol. The Hall–Kier alpha value is -2.86. The van der Waals surface area contributed by atoms with E-state index in [1.54, 1.807) is 23.1 Å². The van der Waals surface area contributed by atoms with E-state index < -0.39 is 0 Å². The summed E-state index contributed by atoms with van der Waals surface area (Å²) in [5, 5.41) is 11.2. The standard InChI is InChI=1S/C19H17ClN4O2/c20-14-4-5-16-17(11-14)21-12-22-18(16)23-6-8-24(9-7-23)19(26)13-2-1-3-15(25)10-13/h1-5,10-12,25H,6-9H2. The van der Waals surface area contributed by atoms with E-state index in [1.807, 2.05) is 18.2 Å². The van der Waals surface area contributed by atoms with E-state index in [2.05, 4.69) is 14.9 Å². The Kier molecular flexibility index (Phi) is 4.34. The number of rotatable bonds is 2. The number of nitrogens with zero attached hydrogens (tertiary/aromatic N) is 4. The molecule has 0 bridgehead atoms. The van der Waals surface area contributed by atoms with Gasteiger partial charge in [-0.15, -0.1) is 0 Å². The van der Waals surface area contributed by atoms with Gasteiger partial charge in [-0.25, -0.2) is 9.97 Å². The number of hydrogen-bond acceptors (Lipinski definition) is 5. The Labute approximate surface area is 155 Å². The molecule has 0 aliphatic carbocycles. The zero-order chi connectivity index (χ0) is 18.1. The highest BCUT2D eigenvalue weighted by Crippen LogP contribution is 2.26. The van der Waals surface area contributed by atoms with Gasteiger partial charge < -0.3 is 14.9 Å². The molecule has 26 heavy (non-hydrogen) atoms. The van der Waals surface area contributed by atoms with Crippen LogP contribution in [0.5, 0.6) is 5.75 Å². The monoisotopic (exact) mass is 368 g/mol. The molecule has 2 aromatic carbocycles. The summed E-state index contributed by atoms with van der Waals surface area (Å²) in [5.74, 6) is 0.886. The van der Waals surface area contributed by atoms with E-state index in [4.69, 9.17) is 11.6 Å². The third-order valence-electron chi connectivity index (χ3n) is 4.54. The summed E-state index contributed by atoms with van der Waals surface area (Å²) in [6.45, 7) is 2.54. The number of fused-ring (bicyclic) bond motifs is 1. The molecule has 1 amide bonds. The normalized spacial score (nSPS) is 14.7. The van der Waals surface area contributed by atoms with Gasteiger partial charge >= 0.3 is 0 Å². The van der Waals surface area contributed by atoms with Crippen molar-refractivity contribution in [3.8, 4) is 5.75 Å². The molecule has 2 heterocycles. The van der Waals surface area contributed by atoms with Crippen molar-refractivity contribution in [2.24, 2.45) is 0 Å². The zero-order valence-electron chi connectivity index (χ0n) is 14.0. The fourth-order valence-corrected chi connectivity index (χ4v) is 3.38. The molecule has 0 atom stereocenters. The average Bonchev–Trinajstić information content (AvgIpc) is 2.67. The SMILES string of the molecule is O=C(c1cccc(O)c1)N1CCN(c2ncnc3cc(Cl)ccc23)CC1. The van der Waals surface area contributed by atoms with Crippen molar-refractivity contribution >= 4 is 34.2 Å². The maximum Gasteiger partial charge on any atom is 0.254 e. The third-order valence-corrected chi connectivity index (χ3v) is 4.77. The van der Waals surface area contributed by atoms with E-state index in [1.165, 1.54) is 12.4 Å². The first-order chi connectivity index (χ1) is 12.6. The Morgan fingerprint density at radius 3 is 2.62 bits per heavy atom. The number of amides is 1. The van der Waals surface area contributed by atoms with E-state index >= 15 is 0 Å². The Balaban J connectivity index is 1.51.